The van der Waals surface area contributed by atoms with Gasteiger partial charge in [-0.3, -0.25) is 4.90 Å². The number of rotatable bonds is 6. The number of hydrogen-bond acceptors (Lipinski definition) is 4. The van der Waals surface area contributed by atoms with Gasteiger partial charge in [-0.05, 0) is 47.5 Å². The average Bonchev–Trinajstić information content (AvgIpc) is 3.32. The summed E-state index contributed by atoms with van der Waals surface area (Å²) < 4.78 is 30.0. The molecule has 1 aliphatic heterocycles. The van der Waals surface area contributed by atoms with E-state index in [1.165, 1.54) is 0 Å². The van der Waals surface area contributed by atoms with E-state index in [9.17, 15) is 8.42 Å². The number of aromatic nitrogens is 2. The Kier molecular flexibility index (Phi) is 6.76. The highest BCUT2D eigenvalue weighted by Gasteiger charge is 2.29. The van der Waals surface area contributed by atoms with Gasteiger partial charge in [-0.1, -0.05) is 72.3 Å². The molecule has 5 aromatic rings. The van der Waals surface area contributed by atoms with E-state index in [1.54, 1.807) is 28.6 Å². The Balaban J connectivity index is 1.32. The lowest BCUT2D eigenvalue weighted by Crippen LogP contribution is -2.48. The molecule has 0 bridgehead atoms. The monoisotopic (exact) mass is 542 g/mol. The lowest BCUT2D eigenvalue weighted by Gasteiger charge is -2.34. The molecule has 1 aliphatic rings. The molecule has 3 aromatic carbocycles. The van der Waals surface area contributed by atoms with E-state index in [1.807, 2.05) is 48.5 Å². The third kappa shape index (κ3) is 4.86. The van der Waals surface area contributed by atoms with Gasteiger partial charge in [0.15, 0.2) is 0 Å². The van der Waals surface area contributed by atoms with Gasteiger partial charge in [0.2, 0.25) is 10.0 Å². The quantitative estimate of drug-likeness (QED) is 0.271. The van der Waals surface area contributed by atoms with Crippen molar-refractivity contribution in [2.75, 3.05) is 26.2 Å². The molecule has 0 N–H and O–H groups in total. The van der Waals surface area contributed by atoms with Gasteiger partial charge in [0, 0.05) is 49.5 Å². The lowest BCUT2D eigenvalue weighted by molar-refractivity contribution is 0.180. The Hall–Kier alpha value is -3.49. The van der Waals surface area contributed by atoms with Crippen molar-refractivity contribution in [3.8, 4) is 22.4 Å². The summed E-state index contributed by atoms with van der Waals surface area (Å²) >= 11 is 6.17. The second kappa shape index (κ2) is 10.3. The molecule has 192 valence electrons. The second-order valence-corrected chi connectivity index (χ2v) is 11.8. The van der Waals surface area contributed by atoms with Crippen molar-refractivity contribution in [1.82, 2.24) is 18.6 Å². The van der Waals surface area contributed by atoms with Crippen LogP contribution in [0.15, 0.2) is 108 Å². The maximum atomic E-state index is 13.1. The summed E-state index contributed by atoms with van der Waals surface area (Å²) in [7, 11) is -3.50. The van der Waals surface area contributed by atoms with Crippen LogP contribution in [0.1, 0.15) is 5.69 Å². The van der Waals surface area contributed by atoms with Crippen LogP contribution in [0.3, 0.4) is 0 Å². The van der Waals surface area contributed by atoms with Crippen LogP contribution in [-0.4, -0.2) is 53.2 Å². The zero-order valence-electron chi connectivity index (χ0n) is 20.7. The topological polar surface area (TPSA) is 57.9 Å². The molecule has 0 atom stereocenters. The zero-order valence-corrected chi connectivity index (χ0v) is 22.3. The molecule has 0 amide bonds. The second-order valence-electron chi connectivity index (χ2n) is 9.42. The molecule has 0 radical (unpaired) electrons. The maximum Gasteiger partial charge on any atom is 0.243 e. The zero-order chi connectivity index (χ0) is 26.1. The van der Waals surface area contributed by atoms with E-state index in [2.05, 4.69) is 39.8 Å². The van der Waals surface area contributed by atoms with Crippen LogP contribution >= 0.6 is 11.6 Å². The Bertz CT molecular complexity index is 1660. The van der Waals surface area contributed by atoms with Crippen LogP contribution in [-0.2, 0) is 16.6 Å². The smallest absolute Gasteiger partial charge is 0.243 e. The fourth-order valence-electron chi connectivity index (χ4n) is 4.97. The summed E-state index contributed by atoms with van der Waals surface area (Å²) in [5.41, 5.74) is 6.10. The normalized spacial score (nSPS) is 15.2. The highest BCUT2D eigenvalue weighted by molar-refractivity contribution is 7.89. The minimum atomic E-state index is -3.50. The van der Waals surface area contributed by atoms with Gasteiger partial charge in [0.05, 0.1) is 16.3 Å². The van der Waals surface area contributed by atoms with E-state index < -0.39 is 10.0 Å². The Morgan fingerprint density at radius 3 is 2.03 bits per heavy atom. The number of benzene rings is 3. The number of piperazine rings is 1. The molecule has 0 aliphatic carbocycles. The van der Waals surface area contributed by atoms with Crippen LogP contribution in [0.25, 0.3) is 28.0 Å². The molecule has 2 aromatic heterocycles. The Morgan fingerprint density at radius 2 is 1.34 bits per heavy atom. The average molecular weight is 543 g/mol. The number of halogens is 1. The lowest BCUT2D eigenvalue weighted by atomic mass is 10.1. The number of nitrogens with zero attached hydrogens (tertiary/aromatic N) is 4. The van der Waals surface area contributed by atoms with E-state index in [0.717, 1.165) is 33.7 Å². The first-order valence-corrected chi connectivity index (χ1v) is 14.4. The molecular formula is C30H27ClN4O2S. The van der Waals surface area contributed by atoms with Crippen molar-refractivity contribution in [3.63, 3.8) is 0 Å². The van der Waals surface area contributed by atoms with E-state index in [-0.39, 0.29) is 0 Å². The number of fused-ring (bicyclic) bond motifs is 1. The first-order valence-electron chi connectivity index (χ1n) is 12.6. The number of hydrogen-bond donors (Lipinski definition) is 0. The van der Waals surface area contributed by atoms with Gasteiger partial charge in [-0.15, -0.1) is 0 Å². The van der Waals surface area contributed by atoms with Gasteiger partial charge in [0.1, 0.15) is 5.65 Å². The third-order valence-corrected chi connectivity index (χ3v) is 9.19. The molecule has 8 heteroatoms. The minimum absolute atomic E-state index is 0.341. The van der Waals surface area contributed by atoms with Gasteiger partial charge >= 0.3 is 0 Å². The first-order chi connectivity index (χ1) is 18.5. The molecule has 0 saturated carbocycles. The van der Waals surface area contributed by atoms with E-state index in [0.29, 0.717) is 42.6 Å². The van der Waals surface area contributed by atoms with Crippen molar-refractivity contribution in [3.05, 3.63) is 114 Å². The summed E-state index contributed by atoms with van der Waals surface area (Å²) in [6.07, 6.45) is 2.14. The predicted molar refractivity (Wildman–Crippen MR) is 152 cm³/mol. The van der Waals surface area contributed by atoms with Gasteiger partial charge in [-0.25, -0.2) is 13.4 Å². The van der Waals surface area contributed by atoms with Crippen molar-refractivity contribution >= 4 is 27.3 Å². The van der Waals surface area contributed by atoms with Gasteiger partial charge in [0.25, 0.3) is 0 Å². The first kappa shape index (κ1) is 24.8. The van der Waals surface area contributed by atoms with Crippen LogP contribution in [0, 0.1) is 0 Å². The van der Waals surface area contributed by atoms with Crippen LogP contribution < -0.4 is 0 Å². The van der Waals surface area contributed by atoms with Gasteiger partial charge < -0.3 is 4.40 Å². The van der Waals surface area contributed by atoms with E-state index in [4.69, 9.17) is 16.6 Å². The molecule has 1 saturated heterocycles. The van der Waals surface area contributed by atoms with E-state index >= 15 is 0 Å². The molecule has 3 heterocycles. The maximum absolute atomic E-state index is 13.1. The molecule has 1 fully saturated rings. The minimum Gasteiger partial charge on any atom is -0.301 e. The molecule has 38 heavy (non-hydrogen) atoms. The van der Waals surface area contributed by atoms with Crippen LogP contribution in [0.5, 0.6) is 0 Å². The highest BCUT2D eigenvalue weighted by atomic mass is 35.5. The summed E-state index contributed by atoms with van der Waals surface area (Å²) in [5, 5.41) is 0.682. The Morgan fingerprint density at radius 1 is 0.711 bits per heavy atom. The number of pyridine rings is 1. The van der Waals surface area contributed by atoms with Gasteiger partial charge in [-0.2, -0.15) is 4.31 Å². The summed E-state index contributed by atoms with van der Waals surface area (Å²) in [6.45, 7) is 2.81. The van der Waals surface area contributed by atoms with Crippen molar-refractivity contribution in [2.45, 2.75) is 11.4 Å². The van der Waals surface area contributed by atoms with Crippen molar-refractivity contribution in [2.24, 2.45) is 0 Å². The SMILES string of the molecule is O=S(=O)(c1ccccc1)N1CCN(Cc2c(-c3ccc(Cl)cc3)nc3ccc(-c4ccccc4)cn23)CC1. The molecule has 6 rings (SSSR count). The molecule has 0 unspecified atom stereocenters. The van der Waals surface area contributed by atoms with Crippen LogP contribution in [0.4, 0.5) is 0 Å². The third-order valence-electron chi connectivity index (χ3n) is 7.03. The standard InChI is InChI=1S/C30H27ClN4O2S/c31-26-14-11-24(12-15-26)30-28(35-21-25(13-16-29(35)32-30)23-7-3-1-4-8-23)22-33-17-19-34(20-18-33)38(36,37)27-9-5-2-6-10-27/h1-16,21H,17-20,22H2. The Labute approximate surface area is 227 Å². The fourth-order valence-corrected chi connectivity index (χ4v) is 6.54. The summed E-state index contributed by atoms with van der Waals surface area (Å²) in [4.78, 5) is 7.64. The van der Waals surface area contributed by atoms with Crippen molar-refractivity contribution < 1.29 is 8.42 Å². The number of imidazole rings is 1. The summed E-state index contributed by atoms with van der Waals surface area (Å²) in [6, 6.07) is 30.9. The predicted octanol–water partition coefficient (Wildman–Crippen LogP) is 5.83. The van der Waals surface area contributed by atoms with Crippen molar-refractivity contribution in [1.29, 1.82) is 0 Å². The molecular weight excluding hydrogens is 516 g/mol. The largest absolute Gasteiger partial charge is 0.301 e. The van der Waals surface area contributed by atoms with Crippen LogP contribution in [0.2, 0.25) is 5.02 Å². The number of sulfonamides is 1. The molecule has 0 spiro atoms. The molecule has 6 nitrogen and oxygen atoms in total. The highest BCUT2D eigenvalue weighted by Crippen LogP contribution is 2.30. The summed E-state index contributed by atoms with van der Waals surface area (Å²) in [5.74, 6) is 0. The fraction of sp³-hybridized carbons (Fsp3) is 0.167.